The molecule has 0 unspecified atom stereocenters. The third kappa shape index (κ3) is 5.19. The highest BCUT2D eigenvalue weighted by atomic mass is 35.5. The maximum absolute atomic E-state index is 9.35. The van der Waals surface area contributed by atoms with Crippen LogP contribution in [0, 0.1) is 0 Å². The summed E-state index contributed by atoms with van der Waals surface area (Å²) in [7, 11) is 1.58. The van der Waals surface area contributed by atoms with E-state index in [4.69, 9.17) is 9.47 Å². The number of aliphatic hydroxyl groups excluding tert-OH is 1. The third-order valence-electron chi connectivity index (χ3n) is 4.04. The first kappa shape index (κ1) is 21.6. The number of hydrogen-bond donors (Lipinski definition) is 2. The lowest BCUT2D eigenvalue weighted by molar-refractivity contribution is 0.187. The lowest BCUT2D eigenvalue weighted by Crippen LogP contribution is -2.42. The van der Waals surface area contributed by atoms with E-state index in [2.05, 4.69) is 20.8 Å². The van der Waals surface area contributed by atoms with Gasteiger partial charge in [-0.15, -0.1) is 12.4 Å². The van der Waals surface area contributed by atoms with E-state index < -0.39 is 0 Å². The molecule has 1 aromatic heterocycles. The Labute approximate surface area is 169 Å². The second-order valence-corrected chi connectivity index (χ2v) is 6.69. The summed E-state index contributed by atoms with van der Waals surface area (Å²) in [6.45, 7) is 4.51. The van der Waals surface area contributed by atoms with Gasteiger partial charge in [0.05, 0.1) is 19.4 Å². The van der Waals surface area contributed by atoms with Crippen LogP contribution >= 0.6 is 12.4 Å². The average Bonchev–Trinajstić information content (AvgIpc) is 3.16. The standard InChI is InChI=1S/C19H23N5O3.ClH/c1-19(2,13-25)20-12-14-9-10-16(17(11-14)26-3)27-18-21-22-23-24(18)15-7-5-4-6-8-15;/h4-11,20,25H,12-13H2,1-3H3;1H. The van der Waals surface area contributed by atoms with E-state index in [1.165, 1.54) is 4.68 Å². The minimum Gasteiger partial charge on any atom is -0.493 e. The highest BCUT2D eigenvalue weighted by molar-refractivity contribution is 5.85. The van der Waals surface area contributed by atoms with Gasteiger partial charge in [0.15, 0.2) is 11.5 Å². The maximum atomic E-state index is 9.35. The zero-order valence-corrected chi connectivity index (χ0v) is 16.8. The average molecular weight is 406 g/mol. The summed E-state index contributed by atoms with van der Waals surface area (Å²) in [5.41, 5.74) is 1.44. The molecule has 9 heteroatoms. The molecule has 0 aliphatic carbocycles. The number of benzene rings is 2. The number of rotatable bonds is 8. The SMILES string of the molecule is COc1cc(CNC(C)(C)CO)ccc1Oc1nnnn1-c1ccccc1.Cl. The number of halogens is 1. The molecule has 28 heavy (non-hydrogen) atoms. The largest absolute Gasteiger partial charge is 0.493 e. The number of aliphatic hydroxyl groups is 1. The van der Waals surface area contributed by atoms with Crippen LogP contribution in [0.25, 0.3) is 5.69 Å². The number of hydrogen-bond acceptors (Lipinski definition) is 7. The van der Waals surface area contributed by atoms with Gasteiger partial charge in [0, 0.05) is 12.1 Å². The molecule has 0 saturated heterocycles. The third-order valence-corrected chi connectivity index (χ3v) is 4.04. The van der Waals surface area contributed by atoms with Crippen molar-refractivity contribution in [1.29, 1.82) is 0 Å². The Kier molecular flexibility index (Phi) is 7.33. The molecule has 3 aromatic rings. The Hall–Kier alpha value is -2.68. The maximum Gasteiger partial charge on any atom is 0.346 e. The topological polar surface area (TPSA) is 94.3 Å². The van der Waals surface area contributed by atoms with Gasteiger partial charge in [-0.2, -0.15) is 4.68 Å². The number of methoxy groups -OCH3 is 1. The van der Waals surface area contributed by atoms with Crippen molar-refractivity contribution < 1.29 is 14.6 Å². The van der Waals surface area contributed by atoms with Gasteiger partial charge < -0.3 is 19.9 Å². The lowest BCUT2D eigenvalue weighted by atomic mass is 10.1. The molecule has 2 N–H and O–H groups in total. The molecule has 150 valence electrons. The van der Waals surface area contributed by atoms with Crippen LogP contribution in [0.15, 0.2) is 48.5 Å². The van der Waals surface area contributed by atoms with E-state index in [-0.39, 0.29) is 30.6 Å². The number of aromatic nitrogens is 4. The molecule has 3 rings (SSSR count). The van der Waals surface area contributed by atoms with Crippen LogP contribution in [0.1, 0.15) is 19.4 Å². The van der Waals surface area contributed by atoms with Gasteiger partial charge in [-0.3, -0.25) is 0 Å². The van der Waals surface area contributed by atoms with Crippen molar-refractivity contribution in [2.75, 3.05) is 13.7 Å². The first-order valence-electron chi connectivity index (χ1n) is 8.57. The molecular formula is C19H24ClN5O3. The summed E-state index contributed by atoms with van der Waals surface area (Å²) in [5, 5.41) is 24.3. The zero-order valence-electron chi connectivity index (χ0n) is 16.0. The van der Waals surface area contributed by atoms with Gasteiger partial charge >= 0.3 is 6.01 Å². The summed E-state index contributed by atoms with van der Waals surface area (Å²) in [6, 6.07) is 15.4. The molecule has 0 aliphatic rings. The smallest absolute Gasteiger partial charge is 0.346 e. The van der Waals surface area contributed by atoms with Crippen LogP contribution in [0.4, 0.5) is 0 Å². The van der Waals surface area contributed by atoms with Gasteiger partial charge in [-0.1, -0.05) is 29.4 Å². The van der Waals surface area contributed by atoms with Crippen molar-refractivity contribution in [1.82, 2.24) is 25.5 Å². The number of para-hydroxylation sites is 1. The highest BCUT2D eigenvalue weighted by Crippen LogP contribution is 2.32. The second-order valence-electron chi connectivity index (χ2n) is 6.69. The van der Waals surface area contributed by atoms with Crippen LogP contribution in [0.5, 0.6) is 17.5 Å². The second kappa shape index (κ2) is 9.50. The quantitative estimate of drug-likeness (QED) is 0.595. The predicted molar refractivity (Wildman–Crippen MR) is 107 cm³/mol. The minimum absolute atomic E-state index is 0. The van der Waals surface area contributed by atoms with E-state index in [0.717, 1.165) is 11.3 Å². The Balaban J connectivity index is 0.00000280. The van der Waals surface area contributed by atoms with Crippen molar-refractivity contribution in [3.63, 3.8) is 0 Å². The van der Waals surface area contributed by atoms with Crippen LogP contribution in [0.2, 0.25) is 0 Å². The fourth-order valence-electron chi connectivity index (χ4n) is 2.38. The van der Waals surface area contributed by atoms with Gasteiger partial charge in [0.25, 0.3) is 0 Å². The minimum atomic E-state index is -0.361. The molecule has 0 amide bonds. The van der Waals surface area contributed by atoms with Crippen LogP contribution in [0.3, 0.4) is 0 Å². The molecule has 8 nitrogen and oxygen atoms in total. The lowest BCUT2D eigenvalue weighted by Gasteiger charge is -2.23. The van der Waals surface area contributed by atoms with Gasteiger partial charge in [-0.05, 0) is 54.1 Å². The molecule has 0 bridgehead atoms. The summed E-state index contributed by atoms with van der Waals surface area (Å²) < 4.78 is 12.9. The van der Waals surface area contributed by atoms with E-state index in [1.54, 1.807) is 7.11 Å². The Morgan fingerprint density at radius 1 is 1.11 bits per heavy atom. The normalized spacial score (nSPS) is 11.0. The van der Waals surface area contributed by atoms with Crippen molar-refractivity contribution >= 4 is 12.4 Å². The summed E-state index contributed by atoms with van der Waals surface area (Å²) in [5.74, 6) is 1.08. The van der Waals surface area contributed by atoms with E-state index in [0.29, 0.717) is 18.0 Å². The molecule has 2 aromatic carbocycles. The molecule has 0 spiro atoms. The van der Waals surface area contributed by atoms with Crippen LogP contribution in [-0.2, 0) is 6.54 Å². The highest BCUT2D eigenvalue weighted by Gasteiger charge is 2.17. The van der Waals surface area contributed by atoms with E-state index >= 15 is 0 Å². The number of ether oxygens (including phenoxy) is 2. The Bertz CT molecular complexity index is 886. The van der Waals surface area contributed by atoms with Crippen LogP contribution < -0.4 is 14.8 Å². The number of nitrogens with zero attached hydrogens (tertiary/aromatic N) is 4. The molecule has 0 saturated carbocycles. The first-order valence-corrected chi connectivity index (χ1v) is 8.57. The Morgan fingerprint density at radius 2 is 1.86 bits per heavy atom. The predicted octanol–water partition coefficient (Wildman–Crippen LogP) is 2.75. The van der Waals surface area contributed by atoms with Crippen molar-refractivity contribution in [2.45, 2.75) is 25.9 Å². The molecule has 0 fully saturated rings. The van der Waals surface area contributed by atoms with Crippen LogP contribution in [-0.4, -0.2) is 44.6 Å². The molecular weight excluding hydrogens is 382 g/mol. The van der Waals surface area contributed by atoms with Crippen molar-refractivity contribution in [2.24, 2.45) is 0 Å². The molecule has 0 radical (unpaired) electrons. The van der Waals surface area contributed by atoms with Crippen molar-refractivity contribution in [3.05, 3.63) is 54.1 Å². The summed E-state index contributed by atoms with van der Waals surface area (Å²) in [4.78, 5) is 0. The molecule has 0 atom stereocenters. The monoisotopic (exact) mass is 405 g/mol. The Morgan fingerprint density at radius 3 is 2.54 bits per heavy atom. The van der Waals surface area contributed by atoms with E-state index in [9.17, 15) is 5.11 Å². The van der Waals surface area contributed by atoms with Gasteiger partial charge in [-0.25, -0.2) is 0 Å². The van der Waals surface area contributed by atoms with Gasteiger partial charge in [0.2, 0.25) is 0 Å². The fraction of sp³-hybridized carbons (Fsp3) is 0.316. The molecule has 1 heterocycles. The summed E-state index contributed by atoms with van der Waals surface area (Å²) >= 11 is 0. The number of tetrazole rings is 1. The van der Waals surface area contributed by atoms with Gasteiger partial charge in [0.1, 0.15) is 0 Å². The fourth-order valence-corrected chi connectivity index (χ4v) is 2.38. The van der Waals surface area contributed by atoms with Crippen molar-refractivity contribution in [3.8, 4) is 23.2 Å². The number of nitrogens with one attached hydrogen (secondary N) is 1. The zero-order chi connectivity index (χ0) is 19.3. The summed E-state index contributed by atoms with van der Waals surface area (Å²) in [6.07, 6.45) is 0. The van der Waals surface area contributed by atoms with E-state index in [1.807, 2.05) is 62.4 Å². The molecule has 0 aliphatic heterocycles. The first-order chi connectivity index (χ1) is 13.0.